The molecule has 0 spiro atoms. The number of anilines is 1. The zero-order valence-electron chi connectivity index (χ0n) is 13.8. The van der Waals surface area contributed by atoms with Crippen LogP contribution in [0.3, 0.4) is 0 Å². The average Bonchev–Trinajstić information content (AvgIpc) is 3.10. The minimum absolute atomic E-state index is 0.157. The molecule has 0 atom stereocenters. The predicted octanol–water partition coefficient (Wildman–Crippen LogP) is 3.79. The van der Waals surface area contributed by atoms with Crippen molar-refractivity contribution in [2.24, 2.45) is 0 Å². The minimum atomic E-state index is -0.157. The number of amides is 1. The van der Waals surface area contributed by atoms with Crippen LogP contribution in [0.1, 0.15) is 16.9 Å². The fourth-order valence-corrected chi connectivity index (χ4v) is 3.68. The normalized spacial score (nSPS) is 15.7. The van der Waals surface area contributed by atoms with Gasteiger partial charge in [0.15, 0.2) is 0 Å². The fourth-order valence-electron chi connectivity index (χ4n) is 2.70. The summed E-state index contributed by atoms with van der Waals surface area (Å²) in [7, 11) is 0. The van der Waals surface area contributed by atoms with E-state index in [9.17, 15) is 4.79 Å². The van der Waals surface area contributed by atoms with Gasteiger partial charge in [-0.15, -0.1) is 0 Å². The smallest absolute Gasteiger partial charge is 0.248 e. The minimum Gasteiger partial charge on any atom is -0.465 e. The lowest BCUT2D eigenvalue weighted by Crippen LogP contribution is -2.31. The van der Waals surface area contributed by atoms with Crippen molar-refractivity contribution < 1.29 is 9.21 Å². The van der Waals surface area contributed by atoms with Crippen LogP contribution in [0.25, 0.3) is 6.08 Å². The number of nitrogens with zero attached hydrogens (tertiary/aromatic N) is 1. The van der Waals surface area contributed by atoms with Crippen molar-refractivity contribution in [1.82, 2.24) is 4.90 Å². The van der Waals surface area contributed by atoms with Crippen molar-refractivity contribution in [2.75, 3.05) is 29.9 Å². The molecule has 1 saturated heterocycles. The van der Waals surface area contributed by atoms with Gasteiger partial charge < -0.3 is 9.73 Å². The Bertz CT molecular complexity index is 704. The van der Waals surface area contributed by atoms with Crippen LogP contribution in [-0.4, -0.2) is 35.4 Å². The van der Waals surface area contributed by atoms with E-state index in [1.807, 2.05) is 30.8 Å². The molecule has 1 aliphatic rings. The number of carbonyl (C=O) groups excluding carboxylic acids is 1. The molecule has 0 radical (unpaired) electrons. The topological polar surface area (TPSA) is 45.5 Å². The molecule has 0 aliphatic carbocycles. The molecule has 1 fully saturated rings. The highest BCUT2D eigenvalue weighted by atomic mass is 32.2. The third kappa shape index (κ3) is 4.76. The van der Waals surface area contributed by atoms with Crippen molar-refractivity contribution in [3.05, 3.63) is 59.6 Å². The van der Waals surface area contributed by atoms with Gasteiger partial charge in [0.05, 0.1) is 6.26 Å². The van der Waals surface area contributed by atoms with Crippen LogP contribution in [0.2, 0.25) is 0 Å². The second-order valence-corrected chi connectivity index (χ2v) is 7.10. The number of rotatable bonds is 5. The quantitative estimate of drug-likeness (QED) is 0.840. The van der Waals surface area contributed by atoms with Crippen molar-refractivity contribution in [3.8, 4) is 0 Å². The summed E-state index contributed by atoms with van der Waals surface area (Å²) in [5.74, 6) is 2.94. The summed E-state index contributed by atoms with van der Waals surface area (Å²) in [5.41, 5.74) is 3.23. The van der Waals surface area contributed by atoms with Gasteiger partial charge in [0.2, 0.25) is 5.91 Å². The Morgan fingerprint density at radius 1 is 1.33 bits per heavy atom. The van der Waals surface area contributed by atoms with E-state index in [2.05, 4.69) is 22.3 Å². The van der Waals surface area contributed by atoms with Crippen molar-refractivity contribution in [2.45, 2.75) is 13.5 Å². The molecule has 24 heavy (non-hydrogen) atoms. The summed E-state index contributed by atoms with van der Waals surface area (Å²) in [6.07, 6.45) is 4.73. The van der Waals surface area contributed by atoms with E-state index in [1.165, 1.54) is 23.1 Å². The lowest BCUT2D eigenvalue weighted by atomic mass is 10.1. The Kier molecular flexibility index (Phi) is 5.77. The second-order valence-electron chi connectivity index (χ2n) is 5.88. The molecule has 1 aliphatic heterocycles. The zero-order chi connectivity index (χ0) is 16.8. The molecule has 3 rings (SSSR count). The molecule has 0 saturated carbocycles. The second kappa shape index (κ2) is 8.22. The fraction of sp³-hybridized carbons (Fsp3) is 0.316. The van der Waals surface area contributed by atoms with E-state index < -0.39 is 0 Å². The van der Waals surface area contributed by atoms with E-state index in [1.54, 1.807) is 18.4 Å². The molecular formula is C19H22N2O2S. The van der Waals surface area contributed by atoms with Gasteiger partial charge in [-0.1, -0.05) is 12.1 Å². The van der Waals surface area contributed by atoms with Crippen molar-refractivity contribution >= 4 is 29.4 Å². The molecule has 126 valence electrons. The predicted molar refractivity (Wildman–Crippen MR) is 100 cm³/mol. The molecule has 1 amide bonds. The molecule has 0 bridgehead atoms. The van der Waals surface area contributed by atoms with Crippen molar-refractivity contribution in [1.29, 1.82) is 0 Å². The monoisotopic (exact) mass is 342 g/mol. The number of benzene rings is 1. The van der Waals surface area contributed by atoms with Gasteiger partial charge >= 0.3 is 0 Å². The third-order valence-electron chi connectivity index (χ3n) is 4.00. The van der Waals surface area contributed by atoms with Gasteiger partial charge in [0, 0.05) is 42.9 Å². The lowest BCUT2D eigenvalue weighted by molar-refractivity contribution is -0.111. The molecular weight excluding hydrogens is 320 g/mol. The number of aryl methyl sites for hydroxylation is 1. The van der Waals surface area contributed by atoms with Crippen LogP contribution in [-0.2, 0) is 11.3 Å². The van der Waals surface area contributed by atoms with E-state index in [0.717, 1.165) is 30.9 Å². The standard InChI is InChI=1S/C19H22N2O2S/c1-15-13-16(14-21-8-11-24-12-9-21)4-6-18(15)20-19(22)7-5-17-3-2-10-23-17/h2-7,10,13H,8-9,11-12,14H2,1H3,(H,20,22)/b7-5+. The zero-order valence-corrected chi connectivity index (χ0v) is 14.6. The van der Waals surface area contributed by atoms with Gasteiger partial charge in [-0.05, 0) is 42.3 Å². The SMILES string of the molecule is Cc1cc(CN2CCSCC2)ccc1NC(=O)/C=C/c1ccco1. The average molecular weight is 342 g/mol. The Morgan fingerprint density at radius 2 is 2.17 bits per heavy atom. The number of hydrogen-bond donors (Lipinski definition) is 1. The first-order valence-electron chi connectivity index (χ1n) is 8.13. The maximum Gasteiger partial charge on any atom is 0.248 e. The summed E-state index contributed by atoms with van der Waals surface area (Å²) in [6, 6.07) is 9.85. The molecule has 1 aromatic carbocycles. The van der Waals surface area contributed by atoms with Crippen LogP contribution in [0.15, 0.2) is 47.1 Å². The molecule has 1 aromatic heterocycles. The highest BCUT2D eigenvalue weighted by molar-refractivity contribution is 7.99. The first-order valence-corrected chi connectivity index (χ1v) is 9.28. The van der Waals surface area contributed by atoms with Crippen LogP contribution in [0, 0.1) is 6.92 Å². The summed E-state index contributed by atoms with van der Waals surface area (Å²) >= 11 is 2.02. The first-order chi connectivity index (χ1) is 11.7. The number of nitrogens with one attached hydrogen (secondary N) is 1. The van der Waals surface area contributed by atoms with Crippen LogP contribution in [0.5, 0.6) is 0 Å². The maximum absolute atomic E-state index is 12.0. The van der Waals surface area contributed by atoms with Gasteiger partial charge in [-0.3, -0.25) is 9.69 Å². The van der Waals surface area contributed by atoms with Gasteiger partial charge in [-0.2, -0.15) is 11.8 Å². The first kappa shape index (κ1) is 16.9. The lowest BCUT2D eigenvalue weighted by Gasteiger charge is -2.26. The number of hydrogen-bond acceptors (Lipinski definition) is 4. The van der Waals surface area contributed by atoms with Crippen molar-refractivity contribution in [3.63, 3.8) is 0 Å². The number of furan rings is 1. The summed E-state index contributed by atoms with van der Waals surface area (Å²) < 4.78 is 5.17. The summed E-state index contributed by atoms with van der Waals surface area (Å²) in [6.45, 7) is 5.31. The Labute approximate surface area is 146 Å². The highest BCUT2D eigenvalue weighted by Crippen LogP contribution is 2.19. The summed E-state index contributed by atoms with van der Waals surface area (Å²) in [4.78, 5) is 14.5. The molecule has 0 unspecified atom stereocenters. The Balaban J connectivity index is 1.58. The Hall–Kier alpha value is -1.98. The van der Waals surface area contributed by atoms with Gasteiger partial charge in [-0.25, -0.2) is 0 Å². The molecule has 5 heteroatoms. The number of carbonyl (C=O) groups is 1. The van der Waals surface area contributed by atoms with E-state index in [-0.39, 0.29) is 5.91 Å². The van der Waals surface area contributed by atoms with Crippen LogP contribution in [0.4, 0.5) is 5.69 Å². The molecule has 4 nitrogen and oxygen atoms in total. The third-order valence-corrected chi connectivity index (χ3v) is 4.94. The Morgan fingerprint density at radius 3 is 2.88 bits per heavy atom. The van der Waals surface area contributed by atoms with Gasteiger partial charge in [0.25, 0.3) is 0 Å². The van der Waals surface area contributed by atoms with Crippen LogP contribution < -0.4 is 5.32 Å². The van der Waals surface area contributed by atoms with E-state index in [4.69, 9.17) is 4.42 Å². The largest absolute Gasteiger partial charge is 0.465 e. The van der Waals surface area contributed by atoms with Crippen LogP contribution >= 0.6 is 11.8 Å². The molecule has 2 aromatic rings. The maximum atomic E-state index is 12.0. The molecule has 1 N–H and O–H groups in total. The summed E-state index contributed by atoms with van der Waals surface area (Å²) in [5, 5.41) is 2.92. The highest BCUT2D eigenvalue weighted by Gasteiger charge is 2.11. The van der Waals surface area contributed by atoms with E-state index in [0.29, 0.717) is 5.76 Å². The molecule has 2 heterocycles. The number of thioether (sulfide) groups is 1. The van der Waals surface area contributed by atoms with Gasteiger partial charge in [0.1, 0.15) is 5.76 Å². The van der Waals surface area contributed by atoms with E-state index >= 15 is 0 Å².